The van der Waals surface area contributed by atoms with Crippen molar-refractivity contribution in [2.75, 3.05) is 53.6 Å². The molecule has 5 nitrogen and oxygen atoms in total. The second-order valence-corrected chi connectivity index (χ2v) is 9.49. The van der Waals surface area contributed by atoms with Crippen LogP contribution in [0.15, 0.2) is 4.99 Å². The molecule has 0 radical (unpaired) electrons. The summed E-state index contributed by atoms with van der Waals surface area (Å²) < 4.78 is 10.8. The van der Waals surface area contributed by atoms with Crippen LogP contribution in [-0.4, -0.2) is 64.5 Å². The van der Waals surface area contributed by atoms with Gasteiger partial charge in [-0.15, -0.1) is 24.0 Å². The standard InChI is InChI=1S/C21H37N3O2.HI/c1-22-20(24-4-3-16(13-24)14-26-6-5-25-2)23-15-21-10-17-7-18(11-21)9-19(8-17)12-21;/h16-19H,3-15H2,1-2H3,(H,22,23);1H. The molecule has 5 rings (SSSR count). The number of guanidine groups is 1. The van der Waals surface area contributed by atoms with Crippen LogP contribution in [0.4, 0.5) is 0 Å². The lowest BCUT2D eigenvalue weighted by molar-refractivity contribution is -0.0494. The van der Waals surface area contributed by atoms with Gasteiger partial charge in [-0.2, -0.15) is 0 Å². The third-order valence-corrected chi connectivity index (χ3v) is 7.37. The lowest BCUT2D eigenvalue weighted by Gasteiger charge is -2.57. The van der Waals surface area contributed by atoms with Gasteiger partial charge in [0.1, 0.15) is 0 Å². The first-order chi connectivity index (χ1) is 12.7. The predicted molar refractivity (Wildman–Crippen MR) is 120 cm³/mol. The molecule has 156 valence electrons. The molecule has 1 N–H and O–H groups in total. The molecule has 27 heavy (non-hydrogen) atoms. The van der Waals surface area contributed by atoms with Crippen molar-refractivity contribution in [1.82, 2.24) is 10.2 Å². The van der Waals surface area contributed by atoms with Gasteiger partial charge in [0, 0.05) is 39.7 Å². The van der Waals surface area contributed by atoms with Gasteiger partial charge >= 0.3 is 0 Å². The average molecular weight is 491 g/mol. The summed E-state index contributed by atoms with van der Waals surface area (Å²) >= 11 is 0. The molecule has 6 heteroatoms. The molecule has 0 aromatic heterocycles. The van der Waals surface area contributed by atoms with Crippen LogP contribution in [0.25, 0.3) is 0 Å². The highest BCUT2D eigenvalue weighted by molar-refractivity contribution is 14.0. The van der Waals surface area contributed by atoms with E-state index in [1.165, 1.54) is 44.9 Å². The summed E-state index contributed by atoms with van der Waals surface area (Å²) in [5.74, 6) is 4.78. The number of nitrogens with one attached hydrogen (secondary N) is 1. The molecule has 5 fully saturated rings. The summed E-state index contributed by atoms with van der Waals surface area (Å²) in [5, 5.41) is 3.78. The lowest BCUT2D eigenvalue weighted by atomic mass is 9.49. The Hall–Kier alpha value is -0.0800. The van der Waals surface area contributed by atoms with E-state index in [1.54, 1.807) is 7.11 Å². The Balaban J connectivity index is 0.00000210. The van der Waals surface area contributed by atoms with E-state index in [1.807, 2.05) is 7.05 Å². The second-order valence-electron chi connectivity index (χ2n) is 9.49. The van der Waals surface area contributed by atoms with Crippen molar-refractivity contribution < 1.29 is 9.47 Å². The van der Waals surface area contributed by atoms with Crippen LogP contribution >= 0.6 is 24.0 Å². The maximum absolute atomic E-state index is 5.73. The molecule has 1 heterocycles. The summed E-state index contributed by atoms with van der Waals surface area (Å²) in [4.78, 5) is 7.04. The van der Waals surface area contributed by atoms with Gasteiger partial charge in [0.05, 0.1) is 19.8 Å². The van der Waals surface area contributed by atoms with Crippen LogP contribution < -0.4 is 5.32 Å². The normalized spacial score (nSPS) is 37.6. The fraction of sp³-hybridized carbons (Fsp3) is 0.952. The topological polar surface area (TPSA) is 46.1 Å². The van der Waals surface area contributed by atoms with Crippen LogP contribution in [0.1, 0.15) is 44.9 Å². The van der Waals surface area contributed by atoms with Gasteiger partial charge in [-0.1, -0.05) is 0 Å². The number of nitrogens with zero attached hydrogens (tertiary/aromatic N) is 2. The number of methoxy groups -OCH3 is 1. The number of aliphatic imine (C=N–C) groups is 1. The average Bonchev–Trinajstić information content (AvgIpc) is 3.07. The molecule has 5 aliphatic rings. The zero-order chi connectivity index (χ0) is 18.0. The minimum Gasteiger partial charge on any atom is -0.382 e. The van der Waals surface area contributed by atoms with Crippen molar-refractivity contribution in [3.8, 4) is 0 Å². The maximum Gasteiger partial charge on any atom is 0.193 e. The van der Waals surface area contributed by atoms with Crippen molar-refractivity contribution in [2.45, 2.75) is 44.9 Å². The quantitative estimate of drug-likeness (QED) is 0.257. The number of hydrogen-bond donors (Lipinski definition) is 1. The van der Waals surface area contributed by atoms with E-state index in [0.29, 0.717) is 24.5 Å². The van der Waals surface area contributed by atoms with E-state index in [-0.39, 0.29) is 24.0 Å². The minimum absolute atomic E-state index is 0. The molecular weight excluding hydrogens is 453 g/mol. The Labute approximate surface area is 182 Å². The van der Waals surface area contributed by atoms with Crippen LogP contribution in [-0.2, 0) is 9.47 Å². The summed E-state index contributed by atoms with van der Waals surface area (Å²) in [6, 6.07) is 0. The first kappa shape index (κ1) is 21.6. The van der Waals surface area contributed by atoms with E-state index < -0.39 is 0 Å². The van der Waals surface area contributed by atoms with Gasteiger partial charge in [-0.3, -0.25) is 4.99 Å². The highest BCUT2D eigenvalue weighted by Crippen LogP contribution is 2.59. The molecule has 0 aromatic carbocycles. The number of likely N-dealkylation sites (tertiary alicyclic amines) is 1. The Morgan fingerprint density at radius 3 is 2.37 bits per heavy atom. The zero-order valence-electron chi connectivity index (χ0n) is 17.1. The van der Waals surface area contributed by atoms with Crippen molar-refractivity contribution in [2.24, 2.45) is 34.1 Å². The summed E-state index contributed by atoms with van der Waals surface area (Å²) in [7, 11) is 3.66. The summed E-state index contributed by atoms with van der Waals surface area (Å²) in [6.07, 6.45) is 10.1. The fourth-order valence-corrected chi connectivity index (χ4v) is 6.66. The van der Waals surface area contributed by atoms with Crippen LogP contribution in [0, 0.1) is 29.1 Å². The first-order valence-corrected chi connectivity index (χ1v) is 10.7. The third-order valence-electron chi connectivity index (χ3n) is 7.37. The van der Waals surface area contributed by atoms with Crippen LogP contribution in [0.2, 0.25) is 0 Å². The van der Waals surface area contributed by atoms with Gasteiger partial charge in [0.25, 0.3) is 0 Å². The van der Waals surface area contributed by atoms with Gasteiger partial charge in [-0.05, 0) is 68.1 Å². The summed E-state index contributed by atoms with van der Waals surface area (Å²) in [5.41, 5.74) is 0.563. The summed E-state index contributed by atoms with van der Waals surface area (Å²) in [6.45, 7) is 5.52. The molecule has 0 aromatic rings. The van der Waals surface area contributed by atoms with Crippen molar-refractivity contribution in [3.63, 3.8) is 0 Å². The SMILES string of the molecule is CN=C(NCC12CC3CC(CC(C3)C1)C2)N1CCC(COCCOC)C1.I. The smallest absolute Gasteiger partial charge is 0.193 e. The molecule has 1 unspecified atom stereocenters. The number of halogens is 1. The lowest BCUT2D eigenvalue weighted by Crippen LogP contribution is -2.53. The minimum atomic E-state index is 0. The Morgan fingerprint density at radius 1 is 1.11 bits per heavy atom. The Kier molecular flexibility index (Phi) is 7.70. The highest BCUT2D eigenvalue weighted by atomic mass is 127. The molecule has 4 bridgehead atoms. The van der Waals surface area contributed by atoms with E-state index in [9.17, 15) is 0 Å². The van der Waals surface area contributed by atoms with Crippen LogP contribution in [0.5, 0.6) is 0 Å². The van der Waals surface area contributed by atoms with Crippen molar-refractivity contribution in [1.29, 1.82) is 0 Å². The zero-order valence-corrected chi connectivity index (χ0v) is 19.5. The molecule has 1 saturated heterocycles. The van der Waals surface area contributed by atoms with E-state index >= 15 is 0 Å². The second kappa shape index (κ2) is 9.61. The molecular formula is C21H38IN3O2. The maximum atomic E-state index is 5.73. The van der Waals surface area contributed by atoms with Gasteiger partial charge in [0.2, 0.25) is 0 Å². The Bertz CT molecular complexity index is 478. The van der Waals surface area contributed by atoms with Gasteiger partial charge < -0.3 is 19.7 Å². The predicted octanol–water partition coefficient (Wildman–Crippen LogP) is 3.38. The largest absolute Gasteiger partial charge is 0.382 e. The first-order valence-electron chi connectivity index (χ1n) is 10.7. The van der Waals surface area contributed by atoms with Crippen LogP contribution in [0.3, 0.4) is 0 Å². The number of ether oxygens (including phenoxy) is 2. The Morgan fingerprint density at radius 2 is 1.78 bits per heavy atom. The molecule has 0 amide bonds. The van der Waals surface area contributed by atoms with E-state index in [2.05, 4.69) is 15.2 Å². The highest BCUT2D eigenvalue weighted by Gasteiger charge is 2.50. The number of hydrogen-bond acceptors (Lipinski definition) is 3. The molecule has 1 atom stereocenters. The fourth-order valence-electron chi connectivity index (χ4n) is 6.66. The molecule has 4 aliphatic carbocycles. The third kappa shape index (κ3) is 5.10. The van der Waals surface area contributed by atoms with Crippen molar-refractivity contribution >= 4 is 29.9 Å². The van der Waals surface area contributed by atoms with E-state index in [4.69, 9.17) is 9.47 Å². The van der Waals surface area contributed by atoms with E-state index in [0.717, 1.165) is 50.0 Å². The van der Waals surface area contributed by atoms with Gasteiger partial charge in [-0.25, -0.2) is 0 Å². The monoisotopic (exact) mass is 491 g/mol. The van der Waals surface area contributed by atoms with Gasteiger partial charge in [0.15, 0.2) is 5.96 Å². The molecule has 4 saturated carbocycles. The number of rotatable bonds is 7. The molecule has 0 spiro atoms. The van der Waals surface area contributed by atoms with Crippen molar-refractivity contribution in [3.05, 3.63) is 0 Å². The molecule has 1 aliphatic heterocycles.